The van der Waals surface area contributed by atoms with Gasteiger partial charge in [-0.25, -0.2) is 9.97 Å². The Bertz CT molecular complexity index is 3450. The second-order valence-corrected chi connectivity index (χ2v) is 14.8. The Hall–Kier alpha value is -7.62. The maximum absolute atomic E-state index is 6.65. The van der Waals surface area contributed by atoms with Crippen LogP contribution in [0.1, 0.15) is 0 Å². The highest BCUT2D eigenvalue weighted by molar-refractivity contribution is 6.28. The molecule has 0 N–H and O–H groups in total. The third-order valence-corrected chi connectivity index (χ3v) is 11.6. The van der Waals surface area contributed by atoms with E-state index in [2.05, 4.69) is 170 Å². The Balaban J connectivity index is 1.12. The Morgan fingerprint density at radius 1 is 0.263 bits per heavy atom. The van der Waals surface area contributed by atoms with E-state index >= 15 is 0 Å². The Morgan fingerprint density at radius 2 is 0.719 bits per heavy atom. The molecular weight excluding hydrogens is 693 g/mol. The van der Waals surface area contributed by atoms with Crippen LogP contribution in [-0.2, 0) is 0 Å². The van der Waals surface area contributed by atoms with E-state index in [0.29, 0.717) is 5.82 Å². The Labute approximate surface area is 328 Å². The molecule has 0 fully saturated rings. The number of hydrogen-bond donors (Lipinski definition) is 0. The fourth-order valence-electron chi connectivity index (χ4n) is 9.09. The van der Waals surface area contributed by atoms with E-state index in [0.717, 1.165) is 66.4 Å². The number of benzene rings is 10. The van der Waals surface area contributed by atoms with E-state index in [4.69, 9.17) is 14.4 Å². The molecule has 3 nitrogen and oxygen atoms in total. The van der Waals surface area contributed by atoms with Crippen LogP contribution in [0, 0.1) is 0 Å². The van der Waals surface area contributed by atoms with E-state index in [1.165, 1.54) is 48.7 Å². The lowest BCUT2D eigenvalue weighted by atomic mass is 9.86. The zero-order valence-corrected chi connectivity index (χ0v) is 30.8. The summed E-state index contributed by atoms with van der Waals surface area (Å²) in [6.45, 7) is 0. The van der Waals surface area contributed by atoms with E-state index in [1.807, 2.05) is 24.3 Å². The van der Waals surface area contributed by atoms with Crippen LogP contribution in [0.15, 0.2) is 199 Å². The van der Waals surface area contributed by atoms with Crippen molar-refractivity contribution in [1.29, 1.82) is 0 Å². The first kappa shape index (κ1) is 31.7. The van der Waals surface area contributed by atoms with Gasteiger partial charge in [0, 0.05) is 27.5 Å². The summed E-state index contributed by atoms with van der Waals surface area (Å²) in [6, 6.07) is 69.1. The molecule has 0 atom stereocenters. The number of fused-ring (bicyclic) bond motifs is 11. The highest BCUT2D eigenvalue weighted by atomic mass is 16.3. The molecule has 0 aliphatic heterocycles. The standard InChI is InChI=1S/C54H32N2O/c1-3-15-33(16-4-1)48-32-49(56-54(55-48)34-17-5-2-6-18-34)53-42-25-13-11-23-40(42)52(41-24-12-14-26-43(41)53)35-27-28-50-46(29-35)47-30-44-38-21-9-7-19-36(38)37-20-8-10-22-39(37)45(44)31-51(47)57-50/h1-32H. The van der Waals surface area contributed by atoms with Crippen LogP contribution in [0.2, 0.25) is 0 Å². The van der Waals surface area contributed by atoms with Crippen molar-refractivity contribution < 1.29 is 4.42 Å². The molecule has 0 saturated heterocycles. The topological polar surface area (TPSA) is 38.9 Å². The summed E-state index contributed by atoms with van der Waals surface area (Å²) in [5, 5.41) is 14.3. The van der Waals surface area contributed by atoms with Crippen molar-refractivity contribution in [2.45, 2.75) is 0 Å². The maximum atomic E-state index is 6.65. The van der Waals surface area contributed by atoms with E-state index in [9.17, 15) is 0 Å². The quantitative estimate of drug-likeness (QED) is 0.134. The Kier molecular flexibility index (Phi) is 6.93. The lowest BCUT2D eigenvalue weighted by Gasteiger charge is -2.18. The second kappa shape index (κ2) is 12.5. The summed E-state index contributed by atoms with van der Waals surface area (Å²) in [7, 11) is 0. The van der Waals surface area contributed by atoms with Crippen molar-refractivity contribution in [3.8, 4) is 45.0 Å². The van der Waals surface area contributed by atoms with Crippen molar-refractivity contribution in [1.82, 2.24) is 9.97 Å². The average molecular weight is 725 g/mol. The average Bonchev–Trinajstić information content (AvgIpc) is 3.65. The number of aromatic nitrogens is 2. The van der Waals surface area contributed by atoms with Gasteiger partial charge in [-0.1, -0.05) is 164 Å². The predicted molar refractivity (Wildman–Crippen MR) is 239 cm³/mol. The molecule has 3 heteroatoms. The summed E-state index contributed by atoms with van der Waals surface area (Å²) in [5.41, 5.74) is 9.03. The molecule has 12 rings (SSSR count). The molecule has 0 bridgehead atoms. The van der Waals surface area contributed by atoms with Crippen LogP contribution in [0.4, 0.5) is 0 Å². The van der Waals surface area contributed by atoms with Gasteiger partial charge in [-0.05, 0) is 95.3 Å². The van der Waals surface area contributed by atoms with Gasteiger partial charge >= 0.3 is 0 Å². The lowest BCUT2D eigenvalue weighted by Crippen LogP contribution is -1.98. The van der Waals surface area contributed by atoms with Gasteiger partial charge in [0.05, 0.1) is 11.4 Å². The third kappa shape index (κ3) is 4.92. The molecular formula is C54H32N2O. The number of rotatable bonds is 4. The molecule has 0 spiro atoms. The van der Waals surface area contributed by atoms with Crippen LogP contribution >= 0.6 is 0 Å². The molecule has 2 heterocycles. The normalized spacial score (nSPS) is 11.9. The molecule has 0 unspecified atom stereocenters. The molecule has 264 valence electrons. The Morgan fingerprint density at radius 3 is 1.32 bits per heavy atom. The molecule has 57 heavy (non-hydrogen) atoms. The van der Waals surface area contributed by atoms with Crippen molar-refractivity contribution >= 4 is 75.8 Å². The molecule has 0 amide bonds. The largest absolute Gasteiger partial charge is 0.456 e. The highest BCUT2D eigenvalue weighted by Gasteiger charge is 2.21. The van der Waals surface area contributed by atoms with Crippen LogP contribution in [0.5, 0.6) is 0 Å². The smallest absolute Gasteiger partial charge is 0.160 e. The van der Waals surface area contributed by atoms with Gasteiger partial charge in [0.25, 0.3) is 0 Å². The van der Waals surface area contributed by atoms with Gasteiger partial charge in [0.1, 0.15) is 11.2 Å². The summed E-state index contributed by atoms with van der Waals surface area (Å²) in [6.07, 6.45) is 0. The lowest BCUT2D eigenvalue weighted by molar-refractivity contribution is 0.669. The van der Waals surface area contributed by atoms with Crippen molar-refractivity contribution in [2.24, 2.45) is 0 Å². The molecule has 0 saturated carbocycles. The minimum absolute atomic E-state index is 0.703. The molecule has 10 aromatic carbocycles. The van der Waals surface area contributed by atoms with Crippen LogP contribution in [0.25, 0.3) is 121 Å². The van der Waals surface area contributed by atoms with Crippen LogP contribution < -0.4 is 0 Å². The minimum atomic E-state index is 0.703. The van der Waals surface area contributed by atoms with Gasteiger partial charge in [0.2, 0.25) is 0 Å². The minimum Gasteiger partial charge on any atom is -0.456 e. The fourth-order valence-corrected chi connectivity index (χ4v) is 9.09. The number of hydrogen-bond acceptors (Lipinski definition) is 3. The van der Waals surface area contributed by atoms with Crippen molar-refractivity contribution in [2.75, 3.05) is 0 Å². The SMILES string of the molecule is c1ccc(-c2cc(-c3c4ccccc4c(-c4ccc5oc6cc7c8ccccc8c8ccccc8c7cc6c5c4)c4ccccc34)nc(-c3ccccc3)n2)cc1. The van der Waals surface area contributed by atoms with Gasteiger partial charge < -0.3 is 4.42 Å². The van der Waals surface area contributed by atoms with Gasteiger partial charge in [0.15, 0.2) is 5.82 Å². The first-order valence-electron chi connectivity index (χ1n) is 19.4. The predicted octanol–water partition coefficient (Wildman–Crippen LogP) is 14.8. The summed E-state index contributed by atoms with van der Waals surface area (Å²) in [4.78, 5) is 10.4. The third-order valence-electron chi connectivity index (χ3n) is 11.6. The van der Waals surface area contributed by atoms with Gasteiger partial charge in [-0.3, -0.25) is 0 Å². The molecule has 0 radical (unpaired) electrons. The zero-order valence-electron chi connectivity index (χ0n) is 30.8. The molecule has 12 aromatic rings. The molecule has 2 aromatic heterocycles. The van der Waals surface area contributed by atoms with Gasteiger partial charge in [-0.15, -0.1) is 0 Å². The fraction of sp³-hybridized carbons (Fsp3) is 0. The zero-order chi connectivity index (χ0) is 37.5. The molecule has 0 aliphatic rings. The van der Waals surface area contributed by atoms with Crippen LogP contribution in [0.3, 0.4) is 0 Å². The van der Waals surface area contributed by atoms with Crippen LogP contribution in [-0.4, -0.2) is 9.97 Å². The summed E-state index contributed by atoms with van der Waals surface area (Å²) >= 11 is 0. The van der Waals surface area contributed by atoms with Gasteiger partial charge in [-0.2, -0.15) is 0 Å². The van der Waals surface area contributed by atoms with Crippen molar-refractivity contribution in [3.05, 3.63) is 194 Å². The summed E-state index contributed by atoms with van der Waals surface area (Å²) in [5.74, 6) is 0.703. The highest BCUT2D eigenvalue weighted by Crippen LogP contribution is 2.46. The van der Waals surface area contributed by atoms with E-state index < -0.39 is 0 Å². The summed E-state index contributed by atoms with van der Waals surface area (Å²) < 4.78 is 6.65. The number of nitrogens with zero attached hydrogens (tertiary/aromatic N) is 2. The molecule has 0 aliphatic carbocycles. The first-order chi connectivity index (χ1) is 28.3. The monoisotopic (exact) mass is 724 g/mol. The van der Waals surface area contributed by atoms with E-state index in [-0.39, 0.29) is 0 Å². The number of furan rings is 1. The first-order valence-corrected chi connectivity index (χ1v) is 19.4. The van der Waals surface area contributed by atoms with E-state index in [1.54, 1.807) is 0 Å². The van der Waals surface area contributed by atoms with Crippen molar-refractivity contribution in [3.63, 3.8) is 0 Å². The maximum Gasteiger partial charge on any atom is 0.160 e. The second-order valence-electron chi connectivity index (χ2n) is 14.8.